The minimum Gasteiger partial charge on any atom is -0.305 e. The van der Waals surface area contributed by atoms with Gasteiger partial charge in [-0.1, -0.05) is 13.0 Å². The van der Waals surface area contributed by atoms with Gasteiger partial charge in [-0.2, -0.15) is 0 Å². The molecule has 1 N–H and O–H groups in total. The molecular formula is C14H17BrN2S. The van der Waals surface area contributed by atoms with Gasteiger partial charge in [0.15, 0.2) is 0 Å². The first kappa shape index (κ1) is 13.7. The lowest BCUT2D eigenvalue weighted by Gasteiger charge is -2.19. The molecule has 4 heteroatoms. The Morgan fingerprint density at radius 3 is 2.78 bits per heavy atom. The average Bonchev–Trinajstić information content (AvgIpc) is 2.73. The molecule has 0 saturated heterocycles. The van der Waals surface area contributed by atoms with Crippen LogP contribution in [0.4, 0.5) is 0 Å². The Hall–Kier alpha value is -0.710. The van der Waals surface area contributed by atoms with Crippen molar-refractivity contribution in [1.82, 2.24) is 10.3 Å². The van der Waals surface area contributed by atoms with E-state index in [1.807, 2.05) is 6.20 Å². The zero-order valence-corrected chi connectivity index (χ0v) is 13.2. The number of aromatic nitrogens is 1. The van der Waals surface area contributed by atoms with E-state index in [4.69, 9.17) is 0 Å². The molecule has 0 aliphatic heterocycles. The maximum Gasteiger partial charge on any atom is 0.0859 e. The van der Waals surface area contributed by atoms with Crippen LogP contribution in [0, 0.1) is 13.8 Å². The monoisotopic (exact) mass is 324 g/mol. The molecule has 0 aromatic carbocycles. The van der Waals surface area contributed by atoms with Crippen molar-refractivity contribution in [2.75, 3.05) is 6.54 Å². The van der Waals surface area contributed by atoms with E-state index in [1.165, 1.54) is 16.0 Å². The molecule has 0 bridgehead atoms. The van der Waals surface area contributed by atoms with Crippen LogP contribution in [0.5, 0.6) is 0 Å². The number of rotatable bonds is 4. The van der Waals surface area contributed by atoms with E-state index in [-0.39, 0.29) is 6.04 Å². The topological polar surface area (TPSA) is 24.9 Å². The number of nitrogens with zero attached hydrogens (tertiary/aromatic N) is 1. The lowest BCUT2D eigenvalue weighted by Crippen LogP contribution is -2.23. The summed E-state index contributed by atoms with van der Waals surface area (Å²) in [4.78, 5) is 5.91. The minimum atomic E-state index is 0.171. The molecule has 2 aromatic heterocycles. The van der Waals surface area contributed by atoms with Crippen LogP contribution >= 0.6 is 27.3 Å². The Kier molecular flexibility index (Phi) is 4.54. The van der Waals surface area contributed by atoms with E-state index in [2.05, 4.69) is 64.5 Å². The Labute approximate surface area is 121 Å². The average molecular weight is 325 g/mol. The summed E-state index contributed by atoms with van der Waals surface area (Å²) in [6, 6.07) is 4.45. The summed E-state index contributed by atoms with van der Waals surface area (Å²) in [5.41, 5.74) is 3.56. The number of thiophene rings is 1. The van der Waals surface area contributed by atoms with Crippen LogP contribution in [0.25, 0.3) is 0 Å². The van der Waals surface area contributed by atoms with Crippen LogP contribution in [0.3, 0.4) is 0 Å². The Bertz CT molecular complexity index is 536. The Balaban J connectivity index is 2.45. The Morgan fingerprint density at radius 1 is 1.44 bits per heavy atom. The van der Waals surface area contributed by atoms with Crippen LogP contribution in [0.2, 0.25) is 0 Å². The summed E-state index contributed by atoms with van der Waals surface area (Å²) in [5.74, 6) is 0. The van der Waals surface area contributed by atoms with Gasteiger partial charge in [-0.3, -0.25) is 4.98 Å². The molecule has 2 heterocycles. The maximum atomic E-state index is 4.62. The number of aryl methyl sites for hydroxylation is 2. The molecule has 2 aromatic rings. The second-order valence-electron chi connectivity index (χ2n) is 4.34. The highest BCUT2D eigenvalue weighted by Gasteiger charge is 2.20. The predicted molar refractivity (Wildman–Crippen MR) is 81.2 cm³/mol. The number of pyridine rings is 1. The molecule has 0 spiro atoms. The molecule has 18 heavy (non-hydrogen) atoms. The van der Waals surface area contributed by atoms with Gasteiger partial charge in [0.2, 0.25) is 0 Å². The SMILES string of the molecule is CCNC(c1ncc(C)cc1C)c1sccc1Br. The molecule has 2 nitrogen and oxygen atoms in total. The van der Waals surface area contributed by atoms with Crippen molar-refractivity contribution in [1.29, 1.82) is 0 Å². The fourth-order valence-electron chi connectivity index (χ4n) is 2.06. The van der Waals surface area contributed by atoms with Crippen LogP contribution < -0.4 is 5.32 Å². The van der Waals surface area contributed by atoms with E-state index in [9.17, 15) is 0 Å². The molecule has 0 aliphatic carbocycles. The van der Waals surface area contributed by atoms with Crippen molar-refractivity contribution in [3.05, 3.63) is 49.9 Å². The second kappa shape index (κ2) is 5.95. The van der Waals surface area contributed by atoms with Gasteiger partial charge in [0.25, 0.3) is 0 Å². The molecule has 0 radical (unpaired) electrons. The van der Waals surface area contributed by atoms with Gasteiger partial charge in [-0.15, -0.1) is 11.3 Å². The number of hydrogen-bond donors (Lipinski definition) is 1. The standard InChI is InChI=1S/C14H17BrN2S/c1-4-16-13(14-11(15)5-6-18-14)12-10(3)7-9(2)8-17-12/h5-8,13,16H,4H2,1-3H3. The first-order chi connectivity index (χ1) is 8.63. The lowest BCUT2D eigenvalue weighted by atomic mass is 10.1. The third-order valence-electron chi connectivity index (χ3n) is 2.84. The number of nitrogens with one attached hydrogen (secondary N) is 1. The summed E-state index contributed by atoms with van der Waals surface area (Å²) < 4.78 is 1.15. The third kappa shape index (κ3) is 2.82. The van der Waals surface area contributed by atoms with Gasteiger partial charge in [0, 0.05) is 15.5 Å². The minimum absolute atomic E-state index is 0.171. The molecule has 0 aliphatic rings. The first-order valence-corrected chi connectivity index (χ1v) is 7.70. The molecule has 96 valence electrons. The highest BCUT2D eigenvalue weighted by atomic mass is 79.9. The van der Waals surface area contributed by atoms with E-state index in [1.54, 1.807) is 11.3 Å². The van der Waals surface area contributed by atoms with Gasteiger partial charge < -0.3 is 5.32 Å². The second-order valence-corrected chi connectivity index (χ2v) is 6.14. The van der Waals surface area contributed by atoms with Crippen molar-refractivity contribution >= 4 is 27.3 Å². The van der Waals surface area contributed by atoms with Crippen molar-refractivity contribution in [3.8, 4) is 0 Å². The van der Waals surface area contributed by atoms with Crippen molar-refractivity contribution in [2.24, 2.45) is 0 Å². The van der Waals surface area contributed by atoms with Crippen LogP contribution in [0.15, 0.2) is 28.2 Å². The van der Waals surface area contributed by atoms with E-state index >= 15 is 0 Å². The fraction of sp³-hybridized carbons (Fsp3) is 0.357. The van der Waals surface area contributed by atoms with Gasteiger partial charge in [-0.25, -0.2) is 0 Å². The molecule has 0 amide bonds. The smallest absolute Gasteiger partial charge is 0.0859 e. The zero-order chi connectivity index (χ0) is 13.1. The lowest BCUT2D eigenvalue weighted by molar-refractivity contribution is 0.618. The summed E-state index contributed by atoms with van der Waals surface area (Å²) in [5, 5.41) is 5.62. The van der Waals surface area contributed by atoms with E-state index in [0.717, 1.165) is 16.7 Å². The van der Waals surface area contributed by atoms with Crippen molar-refractivity contribution < 1.29 is 0 Å². The van der Waals surface area contributed by atoms with Gasteiger partial charge >= 0.3 is 0 Å². The predicted octanol–water partition coefficient (Wildman–Crippen LogP) is 4.22. The first-order valence-electron chi connectivity index (χ1n) is 6.03. The highest BCUT2D eigenvalue weighted by molar-refractivity contribution is 9.10. The van der Waals surface area contributed by atoms with E-state index < -0.39 is 0 Å². The Morgan fingerprint density at radius 2 is 2.22 bits per heavy atom. The van der Waals surface area contributed by atoms with Crippen molar-refractivity contribution in [2.45, 2.75) is 26.8 Å². The summed E-state index contributed by atoms with van der Waals surface area (Å²) in [6.45, 7) is 7.25. The zero-order valence-electron chi connectivity index (χ0n) is 10.8. The summed E-state index contributed by atoms with van der Waals surface area (Å²) >= 11 is 5.37. The van der Waals surface area contributed by atoms with Crippen LogP contribution in [-0.2, 0) is 0 Å². The summed E-state index contributed by atoms with van der Waals surface area (Å²) in [6.07, 6.45) is 1.94. The fourth-order valence-corrected chi connectivity index (χ4v) is 3.74. The van der Waals surface area contributed by atoms with Gasteiger partial charge in [-0.05, 0) is 58.9 Å². The third-order valence-corrected chi connectivity index (χ3v) is 4.78. The molecule has 0 fully saturated rings. The van der Waals surface area contributed by atoms with Gasteiger partial charge in [0.05, 0.1) is 11.7 Å². The molecule has 0 saturated carbocycles. The van der Waals surface area contributed by atoms with Crippen LogP contribution in [-0.4, -0.2) is 11.5 Å². The van der Waals surface area contributed by atoms with Gasteiger partial charge in [0.1, 0.15) is 0 Å². The van der Waals surface area contributed by atoms with E-state index in [0.29, 0.717) is 0 Å². The number of hydrogen-bond acceptors (Lipinski definition) is 3. The summed E-state index contributed by atoms with van der Waals surface area (Å²) in [7, 11) is 0. The molecular weight excluding hydrogens is 308 g/mol. The molecule has 1 unspecified atom stereocenters. The molecule has 2 rings (SSSR count). The maximum absolute atomic E-state index is 4.62. The molecule has 1 atom stereocenters. The van der Waals surface area contributed by atoms with Crippen molar-refractivity contribution in [3.63, 3.8) is 0 Å². The normalized spacial score (nSPS) is 12.7. The highest BCUT2D eigenvalue weighted by Crippen LogP contribution is 2.33. The largest absolute Gasteiger partial charge is 0.305 e. The van der Waals surface area contributed by atoms with Crippen LogP contribution in [0.1, 0.15) is 34.7 Å². The quantitative estimate of drug-likeness (QED) is 0.910. The number of halogens is 1.